The van der Waals surface area contributed by atoms with Crippen molar-refractivity contribution in [2.45, 2.75) is 123 Å². The summed E-state index contributed by atoms with van der Waals surface area (Å²) in [7, 11) is -8.16. The maximum absolute atomic E-state index is 14.4. The topological polar surface area (TPSA) is 139 Å². The molecule has 4 aliphatic heterocycles. The van der Waals surface area contributed by atoms with E-state index in [1.165, 1.54) is 49.9 Å². The number of anilines is 2. The molecule has 2 N–H and O–H groups in total. The first-order valence-corrected chi connectivity index (χ1v) is 27.7. The predicted octanol–water partition coefficient (Wildman–Crippen LogP) is 8.58. The molecule has 0 aliphatic carbocycles. The SMILES string of the molecule is O=C(CCc1cccc(C2CC(NC(=O)CCc3ccccc3)CN(S(=O)(=O)c3ccc(N4CCCCC4C(F)(F)F)cc3)C2)c1)NC1CCCN(S(=O)(=O)c2ccc(N3CCCC(C(F)(F)F)C3)cc2)C1. The summed E-state index contributed by atoms with van der Waals surface area (Å²) >= 11 is 0. The molecule has 4 aliphatic rings. The van der Waals surface area contributed by atoms with Gasteiger partial charge in [-0.1, -0.05) is 54.6 Å². The average molecular weight is 1050 g/mol. The Bertz CT molecular complexity index is 2710. The summed E-state index contributed by atoms with van der Waals surface area (Å²) in [5.41, 5.74) is 3.41. The second-order valence-electron chi connectivity index (χ2n) is 19.6. The molecular formula is C52H62F6N6O6S2. The highest BCUT2D eigenvalue weighted by Crippen LogP contribution is 2.38. The van der Waals surface area contributed by atoms with Crippen LogP contribution in [0, 0.1) is 5.92 Å². The van der Waals surface area contributed by atoms with Crippen molar-refractivity contribution in [3.05, 3.63) is 120 Å². The van der Waals surface area contributed by atoms with Crippen molar-refractivity contribution in [2.75, 3.05) is 55.6 Å². The number of rotatable bonds is 15. The van der Waals surface area contributed by atoms with E-state index < -0.39 is 56.4 Å². The van der Waals surface area contributed by atoms with Crippen LogP contribution < -0.4 is 20.4 Å². The van der Waals surface area contributed by atoms with E-state index in [-0.39, 0.29) is 92.5 Å². The normalized spacial score (nSPS) is 23.1. The molecule has 4 saturated heterocycles. The van der Waals surface area contributed by atoms with Gasteiger partial charge in [0.25, 0.3) is 0 Å². The van der Waals surface area contributed by atoms with Gasteiger partial charge in [0.1, 0.15) is 6.04 Å². The van der Waals surface area contributed by atoms with E-state index in [2.05, 4.69) is 10.6 Å². The first kappa shape index (κ1) is 53.1. The van der Waals surface area contributed by atoms with Crippen LogP contribution in [-0.2, 0) is 42.5 Å². The van der Waals surface area contributed by atoms with Gasteiger partial charge < -0.3 is 20.4 Å². The molecule has 0 radical (unpaired) electrons. The maximum atomic E-state index is 14.4. The van der Waals surface area contributed by atoms with Crippen molar-refractivity contribution in [3.63, 3.8) is 0 Å². The standard InChI is InChI=1S/C52H62F6N6O6S2/c53-51(54,55)41-13-7-28-61(34-41)44-18-22-46(23-19-44)71(67,68)62-29-8-14-42(35-62)59-49(65)27-17-38-11-6-12-39(31-38)40-32-43(60-50(66)26-16-37-9-2-1-3-10-37)36-63(33-40)72(69,70)47-24-20-45(21-25-47)64-30-5-4-15-48(64)52(56,57)58/h1-3,6,9-12,18-25,31,40-43,48H,4-5,7-8,13-17,26-30,32-36H2,(H,59,65)(H,60,66). The van der Waals surface area contributed by atoms with Gasteiger partial charge in [-0.15, -0.1) is 0 Å². The third-order valence-electron chi connectivity index (χ3n) is 14.5. The fourth-order valence-corrected chi connectivity index (χ4v) is 13.7. The minimum atomic E-state index is -4.43. The molecule has 0 aromatic heterocycles. The molecule has 4 aromatic rings. The van der Waals surface area contributed by atoms with Gasteiger partial charge in [0, 0.05) is 82.1 Å². The van der Waals surface area contributed by atoms with Gasteiger partial charge in [0.05, 0.1) is 15.7 Å². The van der Waals surface area contributed by atoms with Crippen LogP contribution in [0.4, 0.5) is 37.7 Å². The molecule has 12 nitrogen and oxygen atoms in total. The highest BCUT2D eigenvalue weighted by Gasteiger charge is 2.45. The summed E-state index contributed by atoms with van der Waals surface area (Å²) in [6.07, 6.45) is -4.71. The van der Waals surface area contributed by atoms with E-state index in [0.29, 0.717) is 69.3 Å². The van der Waals surface area contributed by atoms with Gasteiger partial charge in [0.2, 0.25) is 31.9 Å². The minimum Gasteiger partial charge on any atom is -0.371 e. The van der Waals surface area contributed by atoms with Gasteiger partial charge in [-0.2, -0.15) is 35.0 Å². The van der Waals surface area contributed by atoms with Gasteiger partial charge in [-0.25, -0.2) is 16.8 Å². The fraction of sp³-hybridized carbons (Fsp3) is 0.500. The highest BCUT2D eigenvalue weighted by atomic mass is 32.2. The zero-order chi connectivity index (χ0) is 51.3. The number of sulfonamides is 2. The lowest BCUT2D eigenvalue weighted by Gasteiger charge is -2.39. The zero-order valence-electron chi connectivity index (χ0n) is 40.0. The lowest BCUT2D eigenvalue weighted by molar-refractivity contribution is -0.176. The summed E-state index contributed by atoms with van der Waals surface area (Å²) in [5.74, 6) is -2.33. The number of hydrogen-bond donors (Lipinski definition) is 2. The van der Waals surface area contributed by atoms with E-state index in [1.54, 1.807) is 17.0 Å². The molecule has 72 heavy (non-hydrogen) atoms. The second-order valence-corrected chi connectivity index (χ2v) is 23.5. The van der Waals surface area contributed by atoms with Crippen LogP contribution in [-0.4, -0.2) is 114 Å². The van der Waals surface area contributed by atoms with Crippen LogP contribution in [0.15, 0.2) is 113 Å². The Hall–Kier alpha value is -5.18. The Morgan fingerprint density at radius 3 is 1.82 bits per heavy atom. The average Bonchev–Trinajstić information content (AvgIpc) is 3.37. The summed E-state index contributed by atoms with van der Waals surface area (Å²) in [6.45, 7) is 0.818. The third-order valence-corrected chi connectivity index (χ3v) is 18.2. The van der Waals surface area contributed by atoms with Crippen LogP contribution in [0.2, 0.25) is 0 Å². The Labute approximate surface area is 418 Å². The molecule has 0 saturated carbocycles. The number of carbonyl (C=O) groups excluding carboxylic acids is 2. The molecule has 390 valence electrons. The molecule has 4 aromatic carbocycles. The number of aryl methyl sites for hydroxylation is 2. The number of halogens is 6. The summed E-state index contributed by atoms with van der Waals surface area (Å²) in [4.78, 5) is 29.6. The van der Waals surface area contributed by atoms with Crippen LogP contribution in [0.3, 0.4) is 0 Å². The number of alkyl halides is 6. The van der Waals surface area contributed by atoms with E-state index in [1.807, 2.05) is 54.6 Å². The predicted molar refractivity (Wildman–Crippen MR) is 262 cm³/mol. The van der Waals surface area contributed by atoms with Crippen LogP contribution in [0.25, 0.3) is 0 Å². The quantitative estimate of drug-likeness (QED) is 0.113. The van der Waals surface area contributed by atoms with Crippen molar-refractivity contribution in [1.29, 1.82) is 0 Å². The molecule has 8 rings (SSSR count). The zero-order valence-corrected chi connectivity index (χ0v) is 41.6. The van der Waals surface area contributed by atoms with Crippen molar-refractivity contribution >= 4 is 43.2 Å². The van der Waals surface area contributed by atoms with E-state index in [9.17, 15) is 52.8 Å². The Balaban J connectivity index is 0.904. The molecule has 20 heteroatoms. The minimum absolute atomic E-state index is 0.0145. The molecule has 0 spiro atoms. The molecular weight excluding hydrogens is 983 g/mol. The van der Waals surface area contributed by atoms with Gasteiger partial charge in [-0.05, 0) is 135 Å². The maximum Gasteiger partial charge on any atom is 0.408 e. The first-order valence-electron chi connectivity index (χ1n) is 24.8. The highest BCUT2D eigenvalue weighted by molar-refractivity contribution is 7.89. The Kier molecular flexibility index (Phi) is 16.6. The number of carbonyl (C=O) groups is 2. The number of amides is 2. The summed E-state index contributed by atoms with van der Waals surface area (Å²) < 4.78 is 141. The molecule has 5 atom stereocenters. The number of benzene rings is 4. The van der Waals surface area contributed by atoms with Crippen molar-refractivity contribution in [2.24, 2.45) is 5.92 Å². The van der Waals surface area contributed by atoms with E-state index in [4.69, 9.17) is 0 Å². The number of nitrogens with one attached hydrogen (secondary N) is 2. The summed E-state index contributed by atoms with van der Waals surface area (Å²) in [5, 5.41) is 6.06. The lowest BCUT2D eigenvalue weighted by atomic mass is 9.87. The van der Waals surface area contributed by atoms with E-state index >= 15 is 0 Å². The van der Waals surface area contributed by atoms with Crippen molar-refractivity contribution < 1.29 is 52.8 Å². The van der Waals surface area contributed by atoms with E-state index in [0.717, 1.165) is 16.7 Å². The third kappa shape index (κ3) is 13.1. The van der Waals surface area contributed by atoms with Crippen molar-refractivity contribution in [1.82, 2.24) is 19.2 Å². The van der Waals surface area contributed by atoms with Crippen LogP contribution >= 0.6 is 0 Å². The molecule has 0 bridgehead atoms. The van der Waals surface area contributed by atoms with Gasteiger partial charge in [0.15, 0.2) is 0 Å². The fourth-order valence-electron chi connectivity index (χ4n) is 10.6. The first-order chi connectivity index (χ1) is 34.2. The number of piperidine rings is 4. The monoisotopic (exact) mass is 1040 g/mol. The van der Waals surface area contributed by atoms with Gasteiger partial charge in [-0.3, -0.25) is 9.59 Å². The Morgan fingerprint density at radius 2 is 1.15 bits per heavy atom. The smallest absolute Gasteiger partial charge is 0.371 e. The lowest BCUT2D eigenvalue weighted by Crippen LogP contribution is -2.52. The van der Waals surface area contributed by atoms with Crippen molar-refractivity contribution in [3.8, 4) is 0 Å². The number of nitrogens with zero attached hydrogens (tertiary/aromatic N) is 4. The van der Waals surface area contributed by atoms with Gasteiger partial charge >= 0.3 is 12.4 Å². The molecule has 2 amide bonds. The van der Waals surface area contributed by atoms with Crippen LogP contribution in [0.5, 0.6) is 0 Å². The van der Waals surface area contributed by atoms with Crippen LogP contribution in [0.1, 0.15) is 86.8 Å². The number of hydrogen-bond acceptors (Lipinski definition) is 8. The largest absolute Gasteiger partial charge is 0.408 e. The second kappa shape index (κ2) is 22.5. The molecule has 4 fully saturated rings. The summed E-state index contributed by atoms with van der Waals surface area (Å²) in [6, 6.07) is 25.8. The Morgan fingerprint density at radius 1 is 0.556 bits per heavy atom. The molecule has 5 unspecified atom stereocenters. The molecule has 4 heterocycles.